The van der Waals surface area contributed by atoms with Crippen LogP contribution in [0.15, 0.2) is 24.3 Å². The number of nitrogens with zero attached hydrogens (tertiary/aromatic N) is 1. The van der Waals surface area contributed by atoms with Crippen LogP contribution in [0.2, 0.25) is 0 Å². The van der Waals surface area contributed by atoms with E-state index in [2.05, 4.69) is 0 Å². The van der Waals surface area contributed by atoms with Crippen LogP contribution in [0.1, 0.15) is 18.6 Å². The van der Waals surface area contributed by atoms with Crippen molar-refractivity contribution in [2.45, 2.75) is 13.0 Å². The van der Waals surface area contributed by atoms with Gasteiger partial charge in [0.2, 0.25) is 0 Å². The Hall–Kier alpha value is -1.11. The number of likely N-dealkylation sites (N-methyl/N-ethyl adjacent to an activating group) is 1. The van der Waals surface area contributed by atoms with Crippen LogP contribution in [0.5, 0.6) is 5.75 Å². The Morgan fingerprint density at radius 3 is 2.40 bits per heavy atom. The van der Waals surface area contributed by atoms with E-state index in [1.54, 1.807) is 7.05 Å². The third-order valence-electron chi connectivity index (χ3n) is 2.90. The van der Waals surface area contributed by atoms with Crippen LogP contribution in [0.25, 0.3) is 0 Å². The highest BCUT2D eigenvalue weighted by molar-refractivity contribution is 7.90. The molecule has 20 heavy (non-hydrogen) atoms. The van der Waals surface area contributed by atoms with E-state index in [0.717, 1.165) is 11.3 Å². The Labute approximate surface area is 121 Å². The summed E-state index contributed by atoms with van der Waals surface area (Å²) >= 11 is 0. The summed E-state index contributed by atoms with van der Waals surface area (Å²) in [5, 5.41) is 10.1. The van der Waals surface area contributed by atoms with E-state index in [0.29, 0.717) is 19.7 Å². The van der Waals surface area contributed by atoms with E-state index in [9.17, 15) is 13.5 Å². The van der Waals surface area contributed by atoms with Crippen LogP contribution in [-0.2, 0) is 9.84 Å². The number of sulfone groups is 1. The second-order valence-corrected chi connectivity index (χ2v) is 7.17. The van der Waals surface area contributed by atoms with Crippen molar-refractivity contribution in [3.63, 3.8) is 0 Å². The maximum Gasteiger partial charge on any atom is 0.148 e. The average Bonchev–Trinajstić information content (AvgIpc) is 2.37. The van der Waals surface area contributed by atoms with Gasteiger partial charge in [-0.05, 0) is 31.7 Å². The van der Waals surface area contributed by atoms with Gasteiger partial charge in [-0.2, -0.15) is 0 Å². The molecular weight excluding hydrogens is 278 g/mol. The third kappa shape index (κ3) is 6.36. The van der Waals surface area contributed by atoms with Crippen molar-refractivity contribution >= 4 is 9.84 Å². The molecule has 114 valence electrons. The zero-order valence-corrected chi connectivity index (χ0v) is 13.1. The highest BCUT2D eigenvalue weighted by Gasteiger charge is 2.12. The maximum absolute atomic E-state index is 11.1. The van der Waals surface area contributed by atoms with Crippen molar-refractivity contribution < 1.29 is 18.3 Å². The van der Waals surface area contributed by atoms with Crippen molar-refractivity contribution in [3.8, 4) is 5.75 Å². The number of rotatable bonds is 8. The van der Waals surface area contributed by atoms with Gasteiger partial charge in [0.25, 0.3) is 0 Å². The molecule has 1 atom stereocenters. The van der Waals surface area contributed by atoms with Crippen LogP contribution in [0.4, 0.5) is 0 Å². The molecule has 0 heterocycles. The fraction of sp³-hybridized carbons (Fsp3) is 0.571. The van der Waals surface area contributed by atoms with Crippen LogP contribution >= 0.6 is 0 Å². The summed E-state index contributed by atoms with van der Waals surface area (Å²) in [4.78, 5) is 1.81. The Bertz CT molecular complexity index is 498. The summed E-state index contributed by atoms with van der Waals surface area (Å²) in [7, 11) is -1.18. The summed E-state index contributed by atoms with van der Waals surface area (Å²) < 4.78 is 27.5. The summed E-state index contributed by atoms with van der Waals surface area (Å²) in [5.74, 6) is 0.869. The molecule has 1 unspecified atom stereocenters. The predicted molar refractivity (Wildman–Crippen MR) is 79.8 cm³/mol. The Morgan fingerprint density at radius 2 is 1.90 bits per heavy atom. The van der Waals surface area contributed by atoms with E-state index in [1.165, 1.54) is 6.26 Å². The SMILES string of the molecule is CCOc1ccc(C(O)CN(C)CCS(C)(=O)=O)cc1. The fourth-order valence-electron chi connectivity index (χ4n) is 1.77. The Morgan fingerprint density at radius 1 is 1.30 bits per heavy atom. The smallest absolute Gasteiger partial charge is 0.148 e. The lowest BCUT2D eigenvalue weighted by molar-refractivity contribution is 0.130. The van der Waals surface area contributed by atoms with Gasteiger partial charge in [0.05, 0.1) is 18.5 Å². The molecule has 0 fully saturated rings. The van der Waals surface area contributed by atoms with Crippen molar-refractivity contribution in [2.75, 3.05) is 38.8 Å². The molecule has 0 saturated carbocycles. The summed E-state index contributed by atoms with van der Waals surface area (Å²) in [6, 6.07) is 7.28. The molecule has 6 heteroatoms. The van der Waals surface area contributed by atoms with E-state index in [-0.39, 0.29) is 5.75 Å². The summed E-state index contributed by atoms with van der Waals surface area (Å²) in [6.07, 6.45) is 0.569. The quantitative estimate of drug-likeness (QED) is 0.779. The molecule has 0 amide bonds. The number of ether oxygens (including phenoxy) is 1. The molecule has 1 aromatic carbocycles. The van der Waals surface area contributed by atoms with Crippen LogP contribution in [0, 0.1) is 0 Å². The monoisotopic (exact) mass is 301 g/mol. The highest BCUT2D eigenvalue weighted by Crippen LogP contribution is 2.18. The van der Waals surface area contributed by atoms with E-state index in [1.807, 2.05) is 36.1 Å². The van der Waals surface area contributed by atoms with Gasteiger partial charge in [-0.15, -0.1) is 0 Å². The average molecular weight is 301 g/mol. The lowest BCUT2D eigenvalue weighted by Gasteiger charge is -2.20. The number of hydrogen-bond donors (Lipinski definition) is 1. The number of aliphatic hydroxyl groups excluding tert-OH is 1. The third-order valence-corrected chi connectivity index (χ3v) is 3.83. The Kier molecular flexibility index (Phi) is 6.45. The normalized spacial score (nSPS) is 13.4. The molecule has 0 aliphatic heterocycles. The van der Waals surface area contributed by atoms with Crippen molar-refractivity contribution in [1.82, 2.24) is 4.90 Å². The van der Waals surface area contributed by atoms with Gasteiger partial charge in [0.15, 0.2) is 0 Å². The second kappa shape index (κ2) is 7.61. The first-order chi connectivity index (χ1) is 9.31. The van der Waals surface area contributed by atoms with Gasteiger partial charge in [-0.3, -0.25) is 0 Å². The van der Waals surface area contributed by atoms with Crippen molar-refractivity contribution in [2.24, 2.45) is 0 Å². The van der Waals surface area contributed by atoms with Gasteiger partial charge in [0.1, 0.15) is 15.6 Å². The molecule has 0 aliphatic carbocycles. The first-order valence-corrected chi connectivity index (χ1v) is 8.65. The summed E-state index contributed by atoms with van der Waals surface area (Å²) in [5.41, 5.74) is 0.791. The Balaban J connectivity index is 2.50. The molecule has 0 spiro atoms. The van der Waals surface area contributed by atoms with Crippen LogP contribution < -0.4 is 4.74 Å². The fourth-order valence-corrected chi connectivity index (χ4v) is 2.41. The van der Waals surface area contributed by atoms with Crippen molar-refractivity contribution in [3.05, 3.63) is 29.8 Å². The molecule has 0 aliphatic rings. The maximum atomic E-state index is 11.1. The summed E-state index contributed by atoms with van der Waals surface area (Å²) in [6.45, 7) is 3.33. The minimum Gasteiger partial charge on any atom is -0.494 e. The lowest BCUT2D eigenvalue weighted by atomic mass is 10.1. The molecule has 0 saturated heterocycles. The first-order valence-electron chi connectivity index (χ1n) is 6.59. The molecule has 5 nitrogen and oxygen atoms in total. The van der Waals surface area contributed by atoms with E-state index >= 15 is 0 Å². The number of benzene rings is 1. The lowest BCUT2D eigenvalue weighted by Crippen LogP contribution is -2.29. The molecule has 0 radical (unpaired) electrons. The van der Waals surface area contributed by atoms with Gasteiger partial charge in [-0.1, -0.05) is 12.1 Å². The van der Waals surface area contributed by atoms with E-state index < -0.39 is 15.9 Å². The van der Waals surface area contributed by atoms with Crippen LogP contribution in [-0.4, -0.2) is 57.2 Å². The van der Waals surface area contributed by atoms with Gasteiger partial charge in [-0.25, -0.2) is 8.42 Å². The van der Waals surface area contributed by atoms with E-state index in [4.69, 9.17) is 4.74 Å². The minimum atomic E-state index is -2.97. The number of aliphatic hydroxyl groups is 1. The van der Waals surface area contributed by atoms with Crippen molar-refractivity contribution in [1.29, 1.82) is 0 Å². The molecule has 1 aromatic rings. The predicted octanol–water partition coefficient (Wildman–Crippen LogP) is 1.10. The standard InChI is InChI=1S/C14H23NO4S/c1-4-19-13-7-5-12(6-8-13)14(16)11-15(2)9-10-20(3,17)18/h5-8,14,16H,4,9-11H2,1-3H3. The second-order valence-electron chi connectivity index (χ2n) is 4.91. The van der Waals surface area contributed by atoms with Gasteiger partial charge >= 0.3 is 0 Å². The molecular formula is C14H23NO4S. The van der Waals surface area contributed by atoms with Gasteiger partial charge in [0, 0.05) is 19.3 Å². The molecule has 1 rings (SSSR count). The largest absolute Gasteiger partial charge is 0.494 e. The van der Waals surface area contributed by atoms with Crippen LogP contribution in [0.3, 0.4) is 0 Å². The molecule has 0 bridgehead atoms. The topological polar surface area (TPSA) is 66.8 Å². The zero-order chi connectivity index (χ0) is 15.2. The number of hydrogen-bond acceptors (Lipinski definition) is 5. The van der Waals surface area contributed by atoms with Gasteiger partial charge < -0.3 is 14.7 Å². The molecule has 1 N–H and O–H groups in total. The minimum absolute atomic E-state index is 0.0967. The highest BCUT2D eigenvalue weighted by atomic mass is 32.2. The molecule has 0 aromatic heterocycles. The zero-order valence-electron chi connectivity index (χ0n) is 12.2. The first kappa shape index (κ1) is 16.9.